The van der Waals surface area contributed by atoms with Crippen molar-refractivity contribution in [3.05, 3.63) is 0 Å². The second-order valence-electron chi connectivity index (χ2n) is 4.75. The van der Waals surface area contributed by atoms with Gasteiger partial charge in [0.2, 0.25) is 5.91 Å². The molecule has 0 saturated heterocycles. The van der Waals surface area contributed by atoms with Crippen molar-refractivity contribution in [2.45, 2.75) is 44.2 Å². The molecule has 0 heterocycles. The molecule has 1 amide bonds. The fourth-order valence-corrected chi connectivity index (χ4v) is 2.16. The van der Waals surface area contributed by atoms with Crippen LogP contribution in [0.4, 0.5) is 0 Å². The Labute approximate surface area is 103 Å². The maximum atomic E-state index is 11.6. The maximum Gasteiger partial charge on any atom is 0.237 e. The number of aliphatic hydroxyl groups is 1. The number of aliphatic hydroxyl groups excluding tert-OH is 1. The van der Waals surface area contributed by atoms with Gasteiger partial charge in [-0.3, -0.25) is 4.79 Å². The van der Waals surface area contributed by atoms with E-state index in [0.29, 0.717) is 19.6 Å². The Kier molecular flexibility index (Phi) is 6.47. The molecule has 3 unspecified atom stereocenters. The molecule has 17 heavy (non-hydrogen) atoms. The van der Waals surface area contributed by atoms with E-state index in [0.717, 1.165) is 25.7 Å². The Morgan fingerprint density at radius 3 is 2.88 bits per heavy atom. The van der Waals surface area contributed by atoms with Crippen molar-refractivity contribution in [1.29, 1.82) is 0 Å². The van der Waals surface area contributed by atoms with Crippen LogP contribution in [0.3, 0.4) is 0 Å². The van der Waals surface area contributed by atoms with E-state index in [4.69, 9.17) is 10.5 Å². The highest BCUT2D eigenvalue weighted by Gasteiger charge is 2.24. The van der Waals surface area contributed by atoms with Crippen LogP contribution in [0, 0.1) is 5.92 Å². The Balaban J connectivity index is 2.22. The highest BCUT2D eigenvalue weighted by Crippen LogP contribution is 2.23. The van der Waals surface area contributed by atoms with Crippen molar-refractivity contribution in [3.8, 4) is 0 Å². The van der Waals surface area contributed by atoms with E-state index in [9.17, 15) is 9.90 Å². The third-order valence-electron chi connectivity index (χ3n) is 3.38. The van der Waals surface area contributed by atoms with Crippen LogP contribution < -0.4 is 11.1 Å². The van der Waals surface area contributed by atoms with Gasteiger partial charge in [-0.05, 0) is 19.3 Å². The van der Waals surface area contributed by atoms with Crippen molar-refractivity contribution in [1.82, 2.24) is 5.32 Å². The number of nitrogens with two attached hydrogens (primary N) is 1. The van der Waals surface area contributed by atoms with Gasteiger partial charge in [0.1, 0.15) is 0 Å². The van der Waals surface area contributed by atoms with Crippen molar-refractivity contribution in [2.75, 3.05) is 20.3 Å². The summed E-state index contributed by atoms with van der Waals surface area (Å²) in [6.45, 7) is 1.02. The summed E-state index contributed by atoms with van der Waals surface area (Å²) in [5.74, 6) is 0.0298. The molecule has 0 aromatic carbocycles. The van der Waals surface area contributed by atoms with E-state index < -0.39 is 6.04 Å². The predicted molar refractivity (Wildman–Crippen MR) is 65.4 cm³/mol. The molecule has 3 atom stereocenters. The average Bonchev–Trinajstić information content (AvgIpc) is 2.34. The molecular formula is C12H24N2O3. The molecule has 5 heteroatoms. The van der Waals surface area contributed by atoms with Gasteiger partial charge in [-0.25, -0.2) is 0 Å². The number of carbonyl (C=O) groups is 1. The van der Waals surface area contributed by atoms with Gasteiger partial charge in [-0.15, -0.1) is 0 Å². The zero-order chi connectivity index (χ0) is 12.7. The molecule has 0 bridgehead atoms. The van der Waals surface area contributed by atoms with Crippen molar-refractivity contribution in [2.24, 2.45) is 11.7 Å². The molecule has 0 aromatic rings. The first kappa shape index (κ1) is 14.4. The minimum atomic E-state index is -0.518. The number of hydrogen-bond donors (Lipinski definition) is 3. The Morgan fingerprint density at radius 2 is 2.24 bits per heavy atom. The molecule has 4 N–H and O–H groups in total. The van der Waals surface area contributed by atoms with E-state index in [1.54, 1.807) is 7.11 Å². The molecule has 0 aliphatic heterocycles. The van der Waals surface area contributed by atoms with Crippen LogP contribution in [0.25, 0.3) is 0 Å². The summed E-state index contributed by atoms with van der Waals surface area (Å²) in [7, 11) is 1.59. The summed E-state index contributed by atoms with van der Waals surface area (Å²) in [5, 5.41) is 12.6. The lowest BCUT2D eigenvalue weighted by Gasteiger charge is -2.28. The maximum absolute atomic E-state index is 11.6. The third kappa shape index (κ3) is 5.02. The second-order valence-corrected chi connectivity index (χ2v) is 4.75. The summed E-state index contributed by atoms with van der Waals surface area (Å²) in [6.07, 6.45) is 4.28. The molecule has 0 aromatic heterocycles. The molecule has 1 aliphatic rings. The number of methoxy groups -OCH3 is 1. The van der Waals surface area contributed by atoms with Gasteiger partial charge in [0, 0.05) is 26.2 Å². The lowest BCUT2D eigenvalue weighted by molar-refractivity contribution is -0.123. The zero-order valence-corrected chi connectivity index (χ0v) is 10.5. The van der Waals surface area contributed by atoms with Crippen LogP contribution in [-0.2, 0) is 9.53 Å². The predicted octanol–water partition coefficient (Wildman–Crippen LogP) is 0.0175. The minimum Gasteiger partial charge on any atom is -0.393 e. The highest BCUT2D eigenvalue weighted by molar-refractivity contribution is 5.81. The summed E-state index contributed by atoms with van der Waals surface area (Å²) in [4.78, 5) is 11.6. The topological polar surface area (TPSA) is 84.6 Å². The molecular weight excluding hydrogens is 220 g/mol. The van der Waals surface area contributed by atoms with Crippen LogP contribution in [-0.4, -0.2) is 43.4 Å². The molecule has 1 rings (SSSR count). The number of amides is 1. The SMILES string of the molecule is COCCC(N)C(=O)NCC1CCCCC1O. The summed E-state index contributed by atoms with van der Waals surface area (Å²) >= 11 is 0. The van der Waals surface area contributed by atoms with E-state index in [2.05, 4.69) is 5.32 Å². The molecule has 0 radical (unpaired) electrons. The van der Waals surface area contributed by atoms with Gasteiger partial charge in [-0.2, -0.15) is 0 Å². The normalized spacial score (nSPS) is 26.5. The standard InChI is InChI=1S/C12H24N2O3/c1-17-7-6-10(13)12(16)14-8-9-4-2-3-5-11(9)15/h9-11,15H,2-8,13H2,1H3,(H,14,16). The van der Waals surface area contributed by atoms with Gasteiger partial charge in [-0.1, -0.05) is 12.8 Å². The highest BCUT2D eigenvalue weighted by atomic mass is 16.5. The molecule has 1 aliphatic carbocycles. The zero-order valence-electron chi connectivity index (χ0n) is 10.5. The molecule has 0 spiro atoms. The quantitative estimate of drug-likeness (QED) is 0.615. The first-order valence-electron chi connectivity index (χ1n) is 6.35. The summed E-state index contributed by atoms with van der Waals surface area (Å²) < 4.78 is 4.87. The van der Waals surface area contributed by atoms with E-state index >= 15 is 0 Å². The number of hydrogen-bond acceptors (Lipinski definition) is 4. The van der Waals surface area contributed by atoms with Gasteiger partial charge >= 0.3 is 0 Å². The number of rotatable bonds is 6. The Bertz CT molecular complexity index is 236. The van der Waals surface area contributed by atoms with Crippen LogP contribution in [0.5, 0.6) is 0 Å². The number of nitrogens with one attached hydrogen (secondary N) is 1. The Hall–Kier alpha value is -0.650. The van der Waals surface area contributed by atoms with E-state index in [1.807, 2.05) is 0 Å². The number of carbonyl (C=O) groups excluding carboxylic acids is 1. The van der Waals surface area contributed by atoms with Crippen LogP contribution in [0.15, 0.2) is 0 Å². The van der Waals surface area contributed by atoms with Crippen molar-refractivity contribution in [3.63, 3.8) is 0 Å². The summed E-state index contributed by atoms with van der Waals surface area (Å²) in [6, 6.07) is -0.518. The van der Waals surface area contributed by atoms with Gasteiger partial charge in [0.25, 0.3) is 0 Å². The monoisotopic (exact) mass is 244 g/mol. The fraction of sp³-hybridized carbons (Fsp3) is 0.917. The smallest absolute Gasteiger partial charge is 0.237 e. The van der Waals surface area contributed by atoms with Crippen molar-refractivity contribution < 1.29 is 14.6 Å². The molecule has 100 valence electrons. The van der Waals surface area contributed by atoms with Gasteiger partial charge < -0.3 is 20.9 Å². The molecule has 1 saturated carbocycles. The van der Waals surface area contributed by atoms with E-state index in [1.165, 1.54) is 0 Å². The van der Waals surface area contributed by atoms with Crippen molar-refractivity contribution >= 4 is 5.91 Å². The van der Waals surface area contributed by atoms with Crippen LogP contribution >= 0.6 is 0 Å². The van der Waals surface area contributed by atoms with E-state index in [-0.39, 0.29) is 17.9 Å². The Morgan fingerprint density at radius 1 is 1.53 bits per heavy atom. The van der Waals surface area contributed by atoms with Crippen LogP contribution in [0.1, 0.15) is 32.1 Å². The lowest BCUT2D eigenvalue weighted by Crippen LogP contribution is -2.45. The second kappa shape index (κ2) is 7.63. The molecule has 5 nitrogen and oxygen atoms in total. The minimum absolute atomic E-state index is 0.153. The first-order valence-corrected chi connectivity index (χ1v) is 6.35. The third-order valence-corrected chi connectivity index (χ3v) is 3.38. The number of ether oxygens (including phenoxy) is 1. The van der Waals surface area contributed by atoms with Gasteiger partial charge in [0.15, 0.2) is 0 Å². The average molecular weight is 244 g/mol. The largest absolute Gasteiger partial charge is 0.393 e. The van der Waals surface area contributed by atoms with Gasteiger partial charge in [0.05, 0.1) is 12.1 Å². The lowest BCUT2D eigenvalue weighted by atomic mass is 9.86. The molecule has 1 fully saturated rings. The first-order chi connectivity index (χ1) is 8.15. The summed E-state index contributed by atoms with van der Waals surface area (Å²) in [5.41, 5.74) is 5.70. The fourth-order valence-electron chi connectivity index (χ4n) is 2.16. The van der Waals surface area contributed by atoms with Crippen LogP contribution in [0.2, 0.25) is 0 Å².